The van der Waals surface area contributed by atoms with E-state index < -0.39 is 5.91 Å². The zero-order valence-corrected chi connectivity index (χ0v) is 8.93. The van der Waals surface area contributed by atoms with Crippen molar-refractivity contribution in [1.82, 2.24) is 5.32 Å². The maximum atomic E-state index is 9.69. The Hall–Kier alpha value is -0.120. The molecule has 0 amide bonds. The topological polar surface area (TPSA) is 41.5 Å². The third-order valence-electron chi connectivity index (χ3n) is 1.07. The second kappa shape index (κ2) is 3.73. The molecule has 0 aliphatic rings. The summed E-state index contributed by atoms with van der Waals surface area (Å²) in [5.74, 6) is -1.24. The molecular formula is C9H21NO2. The van der Waals surface area contributed by atoms with E-state index in [9.17, 15) is 5.11 Å². The van der Waals surface area contributed by atoms with Crippen LogP contribution in [0, 0.1) is 0 Å². The van der Waals surface area contributed by atoms with Crippen LogP contribution in [0.1, 0.15) is 41.5 Å². The van der Waals surface area contributed by atoms with Gasteiger partial charge in [0.1, 0.15) is 0 Å². The van der Waals surface area contributed by atoms with E-state index in [1.54, 1.807) is 6.92 Å². The van der Waals surface area contributed by atoms with E-state index in [4.69, 9.17) is 4.74 Å². The van der Waals surface area contributed by atoms with Crippen LogP contribution in [0.15, 0.2) is 0 Å². The molecule has 0 heterocycles. The van der Waals surface area contributed by atoms with Crippen LogP contribution in [0.2, 0.25) is 0 Å². The van der Waals surface area contributed by atoms with Crippen LogP contribution in [0.25, 0.3) is 0 Å². The van der Waals surface area contributed by atoms with Gasteiger partial charge in [-0.1, -0.05) is 0 Å². The molecule has 0 aliphatic heterocycles. The van der Waals surface area contributed by atoms with Crippen LogP contribution in [-0.2, 0) is 4.74 Å². The Morgan fingerprint density at radius 2 is 1.58 bits per heavy atom. The number of nitrogens with one attached hydrogen (secondary N) is 1. The Bertz CT molecular complexity index is 136. The third kappa shape index (κ3) is 6.58. The van der Waals surface area contributed by atoms with Crippen molar-refractivity contribution >= 4 is 0 Å². The summed E-state index contributed by atoms with van der Waals surface area (Å²) in [6.07, 6.45) is 0.00912. The lowest BCUT2D eigenvalue weighted by molar-refractivity contribution is -0.239. The summed E-state index contributed by atoms with van der Waals surface area (Å²) in [6, 6.07) is 0. The fourth-order valence-corrected chi connectivity index (χ4v) is 1.18. The van der Waals surface area contributed by atoms with Crippen molar-refractivity contribution < 1.29 is 9.84 Å². The molecule has 0 rings (SSSR count). The summed E-state index contributed by atoms with van der Waals surface area (Å²) in [4.78, 5) is 0. The van der Waals surface area contributed by atoms with Crippen molar-refractivity contribution in [1.29, 1.82) is 0 Å². The van der Waals surface area contributed by atoms with Crippen molar-refractivity contribution in [3.05, 3.63) is 0 Å². The number of aliphatic hydroxyl groups is 1. The SMILES string of the molecule is CC(C)OC(C)(O)NC(C)(C)C. The van der Waals surface area contributed by atoms with Gasteiger partial charge in [-0.3, -0.25) is 5.32 Å². The van der Waals surface area contributed by atoms with E-state index in [1.165, 1.54) is 0 Å². The summed E-state index contributed by atoms with van der Waals surface area (Å²) < 4.78 is 5.26. The van der Waals surface area contributed by atoms with E-state index in [0.717, 1.165) is 0 Å². The second-order valence-corrected chi connectivity index (χ2v) is 4.52. The van der Waals surface area contributed by atoms with Gasteiger partial charge in [-0.2, -0.15) is 0 Å². The fourth-order valence-electron chi connectivity index (χ4n) is 1.18. The van der Waals surface area contributed by atoms with Crippen molar-refractivity contribution in [2.45, 2.75) is 59.1 Å². The highest BCUT2D eigenvalue weighted by Crippen LogP contribution is 2.11. The van der Waals surface area contributed by atoms with Crippen LogP contribution < -0.4 is 5.32 Å². The van der Waals surface area contributed by atoms with Crippen LogP contribution >= 0.6 is 0 Å². The zero-order chi connectivity index (χ0) is 9.99. The Morgan fingerprint density at radius 3 is 1.83 bits per heavy atom. The molecule has 74 valence electrons. The number of hydrogen-bond donors (Lipinski definition) is 2. The highest BCUT2D eigenvalue weighted by atomic mass is 16.6. The third-order valence-corrected chi connectivity index (χ3v) is 1.07. The molecule has 3 nitrogen and oxygen atoms in total. The highest BCUT2D eigenvalue weighted by molar-refractivity contribution is 4.74. The molecule has 2 N–H and O–H groups in total. The van der Waals surface area contributed by atoms with E-state index in [2.05, 4.69) is 5.32 Å². The quantitative estimate of drug-likeness (QED) is 0.638. The molecule has 1 atom stereocenters. The molecule has 0 aromatic rings. The summed E-state index contributed by atoms with van der Waals surface area (Å²) >= 11 is 0. The van der Waals surface area contributed by atoms with Gasteiger partial charge in [0.2, 0.25) is 5.91 Å². The molecule has 0 saturated heterocycles. The Labute approximate surface area is 75.1 Å². The van der Waals surface area contributed by atoms with Crippen LogP contribution in [-0.4, -0.2) is 22.7 Å². The molecule has 0 bridgehead atoms. The minimum atomic E-state index is -1.24. The Balaban J connectivity index is 4.04. The van der Waals surface area contributed by atoms with Gasteiger partial charge < -0.3 is 9.84 Å². The van der Waals surface area contributed by atoms with Gasteiger partial charge in [0, 0.05) is 12.5 Å². The lowest BCUT2D eigenvalue weighted by atomic mass is 10.1. The van der Waals surface area contributed by atoms with Crippen LogP contribution in [0.3, 0.4) is 0 Å². The van der Waals surface area contributed by atoms with Gasteiger partial charge in [-0.25, -0.2) is 0 Å². The van der Waals surface area contributed by atoms with Gasteiger partial charge in [-0.05, 0) is 34.6 Å². The standard InChI is InChI=1S/C9H21NO2/c1-7(2)12-9(6,11)10-8(3,4)5/h7,10-11H,1-6H3. The molecule has 0 radical (unpaired) electrons. The maximum Gasteiger partial charge on any atom is 0.222 e. The first kappa shape index (κ1) is 11.9. The molecule has 0 aromatic heterocycles. The van der Waals surface area contributed by atoms with Crippen LogP contribution in [0.5, 0.6) is 0 Å². The molecule has 0 saturated carbocycles. The lowest BCUT2D eigenvalue weighted by Crippen LogP contribution is -2.54. The highest BCUT2D eigenvalue weighted by Gasteiger charge is 2.27. The maximum absolute atomic E-state index is 9.69. The fraction of sp³-hybridized carbons (Fsp3) is 1.00. The van der Waals surface area contributed by atoms with Gasteiger partial charge in [0.15, 0.2) is 0 Å². The average Bonchev–Trinajstić information content (AvgIpc) is 1.48. The van der Waals surface area contributed by atoms with Crippen LogP contribution in [0.4, 0.5) is 0 Å². The van der Waals surface area contributed by atoms with E-state index in [-0.39, 0.29) is 11.6 Å². The molecule has 0 fully saturated rings. The first-order valence-electron chi connectivity index (χ1n) is 4.32. The van der Waals surface area contributed by atoms with Crippen molar-refractivity contribution in [2.24, 2.45) is 0 Å². The second-order valence-electron chi connectivity index (χ2n) is 4.52. The molecule has 0 aromatic carbocycles. The van der Waals surface area contributed by atoms with E-state index in [1.807, 2.05) is 34.6 Å². The minimum absolute atomic E-state index is 0.00912. The molecule has 3 heteroatoms. The Kier molecular flexibility index (Phi) is 3.69. The van der Waals surface area contributed by atoms with Gasteiger partial charge in [0.05, 0.1) is 6.10 Å². The van der Waals surface area contributed by atoms with Crippen molar-refractivity contribution in [3.63, 3.8) is 0 Å². The van der Waals surface area contributed by atoms with E-state index >= 15 is 0 Å². The normalized spacial score (nSPS) is 18.0. The Morgan fingerprint density at radius 1 is 1.17 bits per heavy atom. The monoisotopic (exact) mass is 175 g/mol. The van der Waals surface area contributed by atoms with Gasteiger partial charge >= 0.3 is 0 Å². The largest absolute Gasteiger partial charge is 0.353 e. The van der Waals surface area contributed by atoms with Gasteiger partial charge in [-0.15, -0.1) is 0 Å². The summed E-state index contributed by atoms with van der Waals surface area (Å²) in [6.45, 7) is 11.3. The van der Waals surface area contributed by atoms with Gasteiger partial charge in [0.25, 0.3) is 0 Å². The zero-order valence-electron chi connectivity index (χ0n) is 8.93. The summed E-state index contributed by atoms with van der Waals surface area (Å²) in [5.41, 5.74) is -0.154. The first-order valence-corrected chi connectivity index (χ1v) is 4.32. The average molecular weight is 175 g/mol. The molecule has 1 unspecified atom stereocenters. The molecular weight excluding hydrogens is 154 g/mol. The number of rotatable bonds is 3. The number of ether oxygens (including phenoxy) is 1. The summed E-state index contributed by atoms with van der Waals surface area (Å²) in [7, 11) is 0. The number of hydrogen-bond acceptors (Lipinski definition) is 3. The predicted octanol–water partition coefficient (Wildman–Crippen LogP) is 1.47. The van der Waals surface area contributed by atoms with Crippen molar-refractivity contribution in [3.8, 4) is 0 Å². The predicted molar refractivity (Wildman–Crippen MR) is 49.7 cm³/mol. The van der Waals surface area contributed by atoms with Crippen molar-refractivity contribution in [2.75, 3.05) is 0 Å². The smallest absolute Gasteiger partial charge is 0.222 e. The van der Waals surface area contributed by atoms with E-state index in [0.29, 0.717) is 0 Å². The first-order chi connectivity index (χ1) is 5.12. The lowest BCUT2D eigenvalue weighted by Gasteiger charge is -2.34. The molecule has 0 spiro atoms. The minimum Gasteiger partial charge on any atom is -0.353 e. The summed E-state index contributed by atoms with van der Waals surface area (Å²) in [5, 5.41) is 12.6. The molecule has 0 aliphatic carbocycles. The molecule has 12 heavy (non-hydrogen) atoms.